The van der Waals surface area contributed by atoms with Gasteiger partial charge in [0, 0.05) is 12.6 Å². The topological polar surface area (TPSA) is 82.1 Å². The molecule has 0 aliphatic heterocycles. The van der Waals surface area contributed by atoms with Crippen molar-refractivity contribution in [3.05, 3.63) is 39.5 Å². The van der Waals surface area contributed by atoms with Gasteiger partial charge in [0.05, 0.1) is 10.1 Å². The largest absolute Gasteiger partial charge is 0.507 e. The summed E-state index contributed by atoms with van der Waals surface area (Å²) in [5.41, 5.74) is 0.440. The lowest BCUT2D eigenvalue weighted by Crippen LogP contribution is -2.26. The SMILES string of the molecule is CN(Cc1ncn[nH]1)C(=O)c1ccc(I)c(O)c1. The number of benzene rings is 1. The smallest absolute Gasteiger partial charge is 0.254 e. The summed E-state index contributed by atoms with van der Waals surface area (Å²) in [5, 5.41) is 16.0. The highest BCUT2D eigenvalue weighted by Crippen LogP contribution is 2.21. The van der Waals surface area contributed by atoms with Crippen LogP contribution < -0.4 is 0 Å². The van der Waals surface area contributed by atoms with E-state index in [0.717, 1.165) is 0 Å². The number of aromatic nitrogens is 3. The minimum Gasteiger partial charge on any atom is -0.507 e. The molecule has 2 rings (SSSR count). The van der Waals surface area contributed by atoms with Crippen molar-refractivity contribution in [1.82, 2.24) is 20.1 Å². The van der Waals surface area contributed by atoms with Gasteiger partial charge in [-0.15, -0.1) is 0 Å². The normalized spacial score (nSPS) is 10.3. The van der Waals surface area contributed by atoms with Crippen LogP contribution in [0.3, 0.4) is 0 Å². The molecule has 18 heavy (non-hydrogen) atoms. The van der Waals surface area contributed by atoms with Crippen LogP contribution in [-0.2, 0) is 6.54 Å². The molecule has 0 spiro atoms. The Morgan fingerprint density at radius 1 is 1.56 bits per heavy atom. The van der Waals surface area contributed by atoms with Gasteiger partial charge in [0.2, 0.25) is 0 Å². The summed E-state index contributed by atoms with van der Waals surface area (Å²) in [7, 11) is 1.67. The fraction of sp³-hybridized carbons (Fsp3) is 0.182. The minimum absolute atomic E-state index is 0.106. The molecule has 7 heteroatoms. The lowest BCUT2D eigenvalue weighted by Gasteiger charge is -2.15. The van der Waals surface area contributed by atoms with Crippen molar-refractivity contribution in [2.24, 2.45) is 0 Å². The maximum atomic E-state index is 12.1. The summed E-state index contributed by atoms with van der Waals surface area (Å²) >= 11 is 2.00. The third kappa shape index (κ3) is 2.78. The van der Waals surface area contributed by atoms with Crippen molar-refractivity contribution in [2.45, 2.75) is 6.54 Å². The molecule has 0 bridgehead atoms. The van der Waals surface area contributed by atoms with E-state index in [-0.39, 0.29) is 11.7 Å². The Hall–Kier alpha value is -1.64. The van der Waals surface area contributed by atoms with Gasteiger partial charge in [0.1, 0.15) is 17.9 Å². The Balaban J connectivity index is 2.12. The van der Waals surface area contributed by atoms with Gasteiger partial charge in [-0.2, -0.15) is 5.10 Å². The number of halogens is 1. The first-order valence-corrected chi connectivity index (χ1v) is 6.24. The molecule has 0 saturated heterocycles. The van der Waals surface area contributed by atoms with E-state index in [1.165, 1.54) is 17.3 Å². The Morgan fingerprint density at radius 2 is 2.33 bits per heavy atom. The molecule has 0 fully saturated rings. The number of nitrogens with one attached hydrogen (secondary N) is 1. The number of aromatic amines is 1. The summed E-state index contributed by atoms with van der Waals surface area (Å²) in [6.45, 7) is 0.339. The van der Waals surface area contributed by atoms with Gasteiger partial charge in [0.25, 0.3) is 5.91 Å². The Bertz CT molecular complexity index is 556. The summed E-state index contributed by atoms with van der Waals surface area (Å²) in [4.78, 5) is 17.5. The number of carbonyl (C=O) groups is 1. The molecule has 1 heterocycles. The van der Waals surface area contributed by atoms with Crippen molar-refractivity contribution in [3.8, 4) is 5.75 Å². The maximum absolute atomic E-state index is 12.1. The van der Waals surface area contributed by atoms with Gasteiger partial charge >= 0.3 is 0 Å². The summed E-state index contributed by atoms with van der Waals surface area (Å²) in [6, 6.07) is 4.84. The summed E-state index contributed by atoms with van der Waals surface area (Å²) in [5.74, 6) is 0.535. The molecule has 6 nitrogen and oxygen atoms in total. The third-order valence-corrected chi connectivity index (χ3v) is 3.30. The number of hydrogen-bond donors (Lipinski definition) is 2. The zero-order chi connectivity index (χ0) is 13.1. The molecule has 1 aromatic carbocycles. The van der Waals surface area contributed by atoms with Crippen LogP contribution in [0.1, 0.15) is 16.2 Å². The van der Waals surface area contributed by atoms with Crippen molar-refractivity contribution in [2.75, 3.05) is 7.05 Å². The first kappa shape index (κ1) is 12.8. The summed E-state index contributed by atoms with van der Waals surface area (Å²) in [6.07, 6.45) is 1.39. The van der Waals surface area contributed by atoms with Crippen LogP contribution in [0.5, 0.6) is 5.75 Å². The molecule has 0 atom stereocenters. The predicted octanol–water partition coefficient (Wildman–Crippen LogP) is 1.39. The van der Waals surface area contributed by atoms with Crippen LogP contribution in [0.25, 0.3) is 0 Å². The first-order valence-electron chi connectivity index (χ1n) is 5.16. The zero-order valence-electron chi connectivity index (χ0n) is 9.59. The van der Waals surface area contributed by atoms with E-state index >= 15 is 0 Å². The van der Waals surface area contributed by atoms with Crippen molar-refractivity contribution >= 4 is 28.5 Å². The average Bonchev–Trinajstić information content (AvgIpc) is 2.84. The highest BCUT2D eigenvalue weighted by molar-refractivity contribution is 14.1. The Kier molecular flexibility index (Phi) is 3.80. The van der Waals surface area contributed by atoms with Crippen molar-refractivity contribution < 1.29 is 9.90 Å². The van der Waals surface area contributed by atoms with E-state index < -0.39 is 0 Å². The van der Waals surface area contributed by atoms with E-state index in [1.807, 2.05) is 22.6 Å². The number of H-pyrrole nitrogens is 1. The van der Waals surface area contributed by atoms with E-state index in [1.54, 1.807) is 19.2 Å². The molecular formula is C11H11IN4O2. The number of nitrogens with zero attached hydrogens (tertiary/aromatic N) is 3. The number of phenols is 1. The Labute approximate surface area is 117 Å². The molecule has 1 amide bonds. The van der Waals surface area contributed by atoms with Gasteiger partial charge in [-0.25, -0.2) is 4.98 Å². The van der Waals surface area contributed by atoms with Gasteiger partial charge in [-0.3, -0.25) is 9.89 Å². The predicted molar refractivity (Wildman–Crippen MR) is 73.0 cm³/mol. The standard InChI is InChI=1S/C11H11IN4O2/c1-16(5-10-13-6-14-15-10)11(18)7-2-3-8(12)9(17)4-7/h2-4,6,17H,5H2,1H3,(H,13,14,15). The zero-order valence-corrected chi connectivity index (χ0v) is 11.7. The van der Waals surface area contributed by atoms with Crippen LogP contribution in [0, 0.1) is 3.57 Å². The molecule has 0 unspecified atom stereocenters. The number of carbonyl (C=O) groups excluding carboxylic acids is 1. The molecule has 2 aromatic rings. The van der Waals surface area contributed by atoms with Crippen molar-refractivity contribution in [3.63, 3.8) is 0 Å². The highest BCUT2D eigenvalue weighted by Gasteiger charge is 2.14. The lowest BCUT2D eigenvalue weighted by atomic mass is 10.2. The first-order chi connectivity index (χ1) is 8.58. The van der Waals surface area contributed by atoms with Crippen LogP contribution in [0.2, 0.25) is 0 Å². The van der Waals surface area contributed by atoms with Crippen LogP contribution in [0.4, 0.5) is 0 Å². The second kappa shape index (κ2) is 5.34. The number of aromatic hydroxyl groups is 1. The van der Waals surface area contributed by atoms with Gasteiger partial charge < -0.3 is 10.0 Å². The molecule has 2 N–H and O–H groups in total. The van der Waals surface area contributed by atoms with Crippen LogP contribution >= 0.6 is 22.6 Å². The number of amides is 1. The lowest BCUT2D eigenvalue weighted by molar-refractivity contribution is 0.0781. The fourth-order valence-corrected chi connectivity index (χ4v) is 1.81. The quantitative estimate of drug-likeness (QED) is 0.813. The monoisotopic (exact) mass is 358 g/mol. The van der Waals surface area contributed by atoms with E-state index in [2.05, 4.69) is 15.2 Å². The average molecular weight is 358 g/mol. The third-order valence-electron chi connectivity index (χ3n) is 2.39. The molecule has 0 radical (unpaired) electrons. The molecule has 94 valence electrons. The highest BCUT2D eigenvalue weighted by atomic mass is 127. The van der Waals surface area contributed by atoms with Gasteiger partial charge in [0.15, 0.2) is 0 Å². The molecule has 1 aromatic heterocycles. The Morgan fingerprint density at radius 3 is 2.94 bits per heavy atom. The molecule has 0 aliphatic rings. The van der Waals surface area contributed by atoms with E-state index in [4.69, 9.17) is 0 Å². The number of rotatable bonds is 3. The van der Waals surface area contributed by atoms with Crippen LogP contribution in [0.15, 0.2) is 24.5 Å². The van der Waals surface area contributed by atoms with Crippen LogP contribution in [-0.4, -0.2) is 38.1 Å². The summed E-state index contributed by atoms with van der Waals surface area (Å²) < 4.78 is 0.710. The number of phenolic OH excluding ortho intramolecular Hbond substituents is 1. The second-order valence-electron chi connectivity index (χ2n) is 3.76. The van der Waals surface area contributed by atoms with E-state index in [0.29, 0.717) is 21.5 Å². The minimum atomic E-state index is -0.182. The second-order valence-corrected chi connectivity index (χ2v) is 4.92. The van der Waals surface area contributed by atoms with Crippen molar-refractivity contribution in [1.29, 1.82) is 0 Å². The fourth-order valence-electron chi connectivity index (χ4n) is 1.47. The van der Waals surface area contributed by atoms with Gasteiger partial charge in [-0.05, 0) is 40.8 Å². The van der Waals surface area contributed by atoms with Gasteiger partial charge in [-0.1, -0.05) is 0 Å². The number of hydrogen-bond acceptors (Lipinski definition) is 4. The van der Waals surface area contributed by atoms with E-state index in [9.17, 15) is 9.90 Å². The molecule has 0 saturated carbocycles. The molecular weight excluding hydrogens is 347 g/mol. The maximum Gasteiger partial charge on any atom is 0.254 e. The molecule has 0 aliphatic carbocycles.